The first-order valence-electron chi connectivity index (χ1n) is 12.9. The van der Waals surface area contributed by atoms with Gasteiger partial charge in [-0.1, -0.05) is 37.3 Å². The summed E-state index contributed by atoms with van der Waals surface area (Å²) in [5.74, 6) is -0.231. The molecule has 3 heterocycles. The molecular weight excluding hydrogens is 494 g/mol. The minimum absolute atomic E-state index is 0.0388. The summed E-state index contributed by atoms with van der Waals surface area (Å²) in [6, 6.07) is 13.3. The molecule has 0 aliphatic carbocycles. The van der Waals surface area contributed by atoms with E-state index in [9.17, 15) is 23.5 Å². The van der Waals surface area contributed by atoms with Gasteiger partial charge < -0.3 is 19.7 Å². The number of hydrogen-bond acceptors (Lipinski definition) is 5. The lowest BCUT2D eigenvalue weighted by atomic mass is 9.81. The number of rotatable bonds is 10. The first-order valence-corrected chi connectivity index (χ1v) is 12.9. The maximum atomic E-state index is 13.9. The van der Waals surface area contributed by atoms with Gasteiger partial charge in [-0.25, -0.2) is 4.79 Å². The Bertz CT molecular complexity index is 1330. The molecule has 10 heteroatoms. The van der Waals surface area contributed by atoms with Crippen LogP contribution in [-0.4, -0.2) is 81.7 Å². The lowest BCUT2D eigenvalue weighted by Gasteiger charge is -2.42. The number of aromatic amines is 1. The Kier molecular flexibility index (Phi) is 7.11. The molecule has 2 N–H and O–H groups in total. The molecule has 3 aromatic rings. The fraction of sp³-hybridized carbons (Fsp3) is 0.429. The standard InChI is InChI=1S/C28H32F2N4O4/c1-3-32(14-15-35)12-7-13-33-25(36)28(2)17-21-20-16-19(38-26(29)30)10-11-22(20)31-23(21)24(34(28)27(33)37)18-8-5-4-6-9-18/h4-6,8-11,16,24,26,31,35H,3,7,12-15,17H2,1-2H3/t24-,28+/m1/s1. The largest absolute Gasteiger partial charge is 0.435 e. The van der Waals surface area contributed by atoms with Crippen LogP contribution in [0.3, 0.4) is 0 Å². The normalized spacial score (nSPS) is 21.1. The number of H-pyrrole nitrogens is 1. The van der Waals surface area contributed by atoms with Gasteiger partial charge in [-0.05, 0) is 55.8 Å². The molecule has 2 aliphatic heterocycles. The van der Waals surface area contributed by atoms with E-state index < -0.39 is 18.2 Å². The molecule has 1 aromatic heterocycles. The number of carbonyl (C=O) groups excluding carboxylic acids is 2. The van der Waals surface area contributed by atoms with Gasteiger partial charge in [-0.15, -0.1) is 0 Å². The number of amides is 3. The van der Waals surface area contributed by atoms with Crippen molar-refractivity contribution >= 4 is 22.8 Å². The molecule has 5 rings (SSSR count). The van der Waals surface area contributed by atoms with Crippen LogP contribution in [0, 0.1) is 0 Å². The molecule has 0 unspecified atom stereocenters. The van der Waals surface area contributed by atoms with Crippen molar-refractivity contribution in [3.63, 3.8) is 0 Å². The lowest BCUT2D eigenvalue weighted by molar-refractivity contribution is -0.133. The SMILES string of the molecule is CCN(CCO)CCCN1C(=O)N2[C@H](c3ccccc3)c3[nH]c4ccc(OC(F)F)cc4c3C[C@@]2(C)C1=O. The number of imide groups is 1. The Labute approximate surface area is 219 Å². The van der Waals surface area contributed by atoms with Crippen LogP contribution in [0.15, 0.2) is 48.5 Å². The number of benzene rings is 2. The highest BCUT2D eigenvalue weighted by Gasteiger charge is 2.60. The van der Waals surface area contributed by atoms with E-state index in [1.165, 1.54) is 11.0 Å². The molecule has 2 aromatic carbocycles. The van der Waals surface area contributed by atoms with E-state index in [4.69, 9.17) is 0 Å². The van der Waals surface area contributed by atoms with Gasteiger partial charge >= 0.3 is 12.6 Å². The number of urea groups is 1. The fourth-order valence-electron chi connectivity index (χ4n) is 5.87. The predicted molar refractivity (Wildman–Crippen MR) is 138 cm³/mol. The number of nitrogens with zero attached hydrogens (tertiary/aromatic N) is 3. The second kappa shape index (κ2) is 10.3. The first kappa shape index (κ1) is 26.1. The number of nitrogens with one attached hydrogen (secondary N) is 1. The zero-order chi connectivity index (χ0) is 27.0. The van der Waals surface area contributed by atoms with E-state index in [-0.39, 0.29) is 37.3 Å². The van der Waals surface area contributed by atoms with Crippen molar-refractivity contribution in [2.75, 3.05) is 32.8 Å². The topological polar surface area (TPSA) is 89.1 Å². The quantitative estimate of drug-likeness (QED) is 0.388. The van der Waals surface area contributed by atoms with Gasteiger partial charge in [0, 0.05) is 36.1 Å². The average Bonchev–Trinajstić information content (AvgIpc) is 3.34. The molecule has 2 atom stereocenters. The van der Waals surface area contributed by atoms with E-state index in [0.717, 1.165) is 28.9 Å². The van der Waals surface area contributed by atoms with Crippen LogP contribution in [0.1, 0.15) is 43.1 Å². The number of likely N-dealkylation sites (N-methyl/N-ethyl adjacent to an activating group) is 1. The molecule has 0 bridgehead atoms. The minimum Gasteiger partial charge on any atom is -0.435 e. The van der Waals surface area contributed by atoms with Gasteiger partial charge in [-0.2, -0.15) is 8.78 Å². The Morgan fingerprint density at radius 3 is 2.63 bits per heavy atom. The monoisotopic (exact) mass is 526 g/mol. The third-order valence-electron chi connectivity index (χ3n) is 7.70. The van der Waals surface area contributed by atoms with Crippen molar-refractivity contribution in [1.29, 1.82) is 0 Å². The van der Waals surface area contributed by atoms with Crippen LogP contribution in [0.25, 0.3) is 10.9 Å². The molecule has 38 heavy (non-hydrogen) atoms. The predicted octanol–water partition coefficient (Wildman–Crippen LogP) is 4.14. The van der Waals surface area contributed by atoms with E-state index >= 15 is 0 Å². The van der Waals surface area contributed by atoms with Gasteiger partial charge in [0.15, 0.2) is 0 Å². The Balaban J connectivity index is 1.54. The number of aliphatic hydroxyl groups is 1. The molecule has 8 nitrogen and oxygen atoms in total. The number of aromatic nitrogens is 1. The van der Waals surface area contributed by atoms with Crippen LogP contribution in [0.2, 0.25) is 0 Å². The minimum atomic E-state index is -2.95. The number of fused-ring (bicyclic) bond motifs is 4. The van der Waals surface area contributed by atoms with Gasteiger partial charge in [-0.3, -0.25) is 14.6 Å². The third-order valence-corrected chi connectivity index (χ3v) is 7.70. The number of carbonyl (C=O) groups is 2. The molecule has 0 spiro atoms. The average molecular weight is 527 g/mol. The van der Waals surface area contributed by atoms with Crippen LogP contribution >= 0.6 is 0 Å². The number of aliphatic hydroxyl groups excluding tert-OH is 1. The lowest BCUT2D eigenvalue weighted by Crippen LogP contribution is -2.53. The molecule has 1 saturated heterocycles. The molecule has 0 radical (unpaired) electrons. The summed E-state index contributed by atoms with van der Waals surface area (Å²) in [6.07, 6.45) is 0.838. The van der Waals surface area contributed by atoms with Gasteiger partial charge in [0.2, 0.25) is 0 Å². The highest BCUT2D eigenvalue weighted by Crippen LogP contribution is 2.49. The molecule has 202 valence electrons. The summed E-state index contributed by atoms with van der Waals surface area (Å²) in [6.45, 7) is 3.13. The summed E-state index contributed by atoms with van der Waals surface area (Å²) in [5.41, 5.74) is 2.01. The van der Waals surface area contributed by atoms with Crippen molar-refractivity contribution in [1.82, 2.24) is 19.7 Å². The molecule has 0 saturated carbocycles. The number of hydrogen-bond donors (Lipinski definition) is 2. The number of ether oxygens (including phenoxy) is 1. The first-order chi connectivity index (χ1) is 18.3. The van der Waals surface area contributed by atoms with Crippen LogP contribution in [0.4, 0.5) is 13.6 Å². The van der Waals surface area contributed by atoms with Gasteiger partial charge in [0.25, 0.3) is 5.91 Å². The smallest absolute Gasteiger partial charge is 0.387 e. The van der Waals surface area contributed by atoms with E-state index in [1.54, 1.807) is 24.0 Å². The van der Waals surface area contributed by atoms with Crippen LogP contribution < -0.4 is 4.74 Å². The Hall–Kier alpha value is -3.50. The van der Waals surface area contributed by atoms with Crippen molar-refractivity contribution < 1.29 is 28.2 Å². The molecule has 1 fully saturated rings. The van der Waals surface area contributed by atoms with Gasteiger partial charge in [0.1, 0.15) is 17.3 Å². The summed E-state index contributed by atoms with van der Waals surface area (Å²) in [4.78, 5) is 36.2. The van der Waals surface area contributed by atoms with E-state index in [0.29, 0.717) is 24.9 Å². The van der Waals surface area contributed by atoms with E-state index in [2.05, 4.69) is 14.6 Å². The molecular formula is C28H32F2N4O4. The van der Waals surface area contributed by atoms with Crippen molar-refractivity contribution in [3.05, 3.63) is 65.4 Å². The summed E-state index contributed by atoms with van der Waals surface area (Å²) in [5, 5.41) is 9.96. The van der Waals surface area contributed by atoms with Crippen molar-refractivity contribution in [2.24, 2.45) is 0 Å². The summed E-state index contributed by atoms with van der Waals surface area (Å²) >= 11 is 0. The molecule has 3 amide bonds. The second-order valence-corrected chi connectivity index (χ2v) is 9.99. The van der Waals surface area contributed by atoms with Crippen molar-refractivity contribution in [3.8, 4) is 5.75 Å². The summed E-state index contributed by atoms with van der Waals surface area (Å²) in [7, 11) is 0. The van der Waals surface area contributed by atoms with Crippen molar-refractivity contribution in [2.45, 2.75) is 44.9 Å². The van der Waals surface area contributed by atoms with Crippen LogP contribution in [0.5, 0.6) is 5.75 Å². The number of alkyl halides is 2. The Morgan fingerprint density at radius 1 is 1.18 bits per heavy atom. The molecule has 2 aliphatic rings. The zero-order valence-corrected chi connectivity index (χ0v) is 21.5. The highest BCUT2D eigenvalue weighted by atomic mass is 19.3. The van der Waals surface area contributed by atoms with Crippen LogP contribution in [-0.2, 0) is 11.2 Å². The number of halogens is 2. The second-order valence-electron chi connectivity index (χ2n) is 9.99. The maximum Gasteiger partial charge on any atom is 0.387 e. The highest BCUT2D eigenvalue weighted by molar-refractivity contribution is 6.08. The van der Waals surface area contributed by atoms with E-state index in [1.807, 2.05) is 37.3 Å². The zero-order valence-electron chi connectivity index (χ0n) is 21.5. The fourth-order valence-corrected chi connectivity index (χ4v) is 5.87. The summed E-state index contributed by atoms with van der Waals surface area (Å²) < 4.78 is 30.5. The Morgan fingerprint density at radius 2 is 1.95 bits per heavy atom. The third kappa shape index (κ3) is 4.41. The van der Waals surface area contributed by atoms with Gasteiger partial charge in [0.05, 0.1) is 6.61 Å². The maximum absolute atomic E-state index is 13.9.